The van der Waals surface area contributed by atoms with Crippen molar-refractivity contribution in [2.24, 2.45) is 7.05 Å². The van der Waals surface area contributed by atoms with Crippen molar-refractivity contribution in [2.75, 3.05) is 18.9 Å². The first-order valence-corrected chi connectivity index (χ1v) is 7.15. The maximum Gasteiger partial charge on any atom is 0.271 e. The van der Waals surface area contributed by atoms with Crippen LogP contribution in [0.3, 0.4) is 0 Å². The number of aryl methyl sites for hydroxylation is 1. The summed E-state index contributed by atoms with van der Waals surface area (Å²) in [6, 6.07) is 6.30. The lowest BCUT2D eigenvalue weighted by molar-refractivity contribution is 0.313. The van der Waals surface area contributed by atoms with Gasteiger partial charge in [0.2, 0.25) is 0 Å². The summed E-state index contributed by atoms with van der Waals surface area (Å²) in [5.74, 6) is 0. The Morgan fingerprint density at radius 2 is 2.05 bits per heavy atom. The van der Waals surface area contributed by atoms with E-state index in [1.165, 1.54) is 15.8 Å². The quantitative estimate of drug-likeness (QED) is 0.914. The maximum atomic E-state index is 12.0. The van der Waals surface area contributed by atoms with Gasteiger partial charge in [0, 0.05) is 31.4 Å². The fraction of sp³-hybridized carbons (Fsp3) is 0.375. The molecule has 0 unspecified atom stereocenters. The summed E-state index contributed by atoms with van der Waals surface area (Å²) in [5, 5.41) is 7.48. The van der Waals surface area contributed by atoms with Gasteiger partial charge in [0.1, 0.15) is 0 Å². The molecule has 110 valence electrons. The summed E-state index contributed by atoms with van der Waals surface area (Å²) in [6.07, 6.45) is 2.73. The van der Waals surface area contributed by atoms with E-state index in [1.807, 2.05) is 6.92 Å². The van der Waals surface area contributed by atoms with Crippen molar-refractivity contribution < 1.29 is 0 Å². The van der Waals surface area contributed by atoms with E-state index in [2.05, 4.69) is 40.6 Å². The summed E-state index contributed by atoms with van der Waals surface area (Å²) in [6.45, 7) is 3.85. The van der Waals surface area contributed by atoms with E-state index in [0.717, 1.165) is 30.9 Å². The molecule has 1 aromatic heterocycles. The van der Waals surface area contributed by atoms with Crippen LogP contribution in [0.5, 0.6) is 0 Å². The zero-order valence-corrected chi connectivity index (χ0v) is 12.7. The van der Waals surface area contributed by atoms with E-state index < -0.39 is 0 Å². The van der Waals surface area contributed by atoms with Gasteiger partial charge in [-0.1, -0.05) is 12.1 Å². The highest BCUT2D eigenvalue weighted by Gasteiger charge is 2.16. The highest BCUT2D eigenvalue weighted by molar-refractivity contribution is 5.66. The average molecular weight is 284 g/mol. The number of aromatic nitrogens is 2. The van der Waals surface area contributed by atoms with Gasteiger partial charge in [0.25, 0.3) is 5.56 Å². The topological polar surface area (TPSA) is 50.2 Å². The molecule has 1 aliphatic heterocycles. The molecule has 0 atom stereocenters. The molecule has 2 aromatic rings. The van der Waals surface area contributed by atoms with Crippen LogP contribution in [-0.2, 0) is 20.0 Å². The number of fused-ring (bicyclic) bond motifs is 1. The summed E-state index contributed by atoms with van der Waals surface area (Å²) < 4.78 is 1.36. The SMILES string of the molecule is Cc1c(Nc2cccc3c2CCN(C)C3)cnn(C)c1=O. The Morgan fingerprint density at radius 1 is 1.24 bits per heavy atom. The van der Waals surface area contributed by atoms with Crippen molar-refractivity contribution in [3.8, 4) is 0 Å². The van der Waals surface area contributed by atoms with E-state index >= 15 is 0 Å². The standard InChI is InChI=1S/C16H20N4O/c1-11-15(9-17-20(3)16(11)21)18-14-6-4-5-12-10-19(2)8-7-13(12)14/h4-6,9,18H,7-8,10H2,1-3H3. The number of nitrogens with zero attached hydrogens (tertiary/aromatic N) is 3. The Kier molecular flexibility index (Phi) is 3.51. The predicted molar refractivity (Wildman–Crippen MR) is 84.0 cm³/mol. The maximum absolute atomic E-state index is 12.0. The smallest absolute Gasteiger partial charge is 0.271 e. The third kappa shape index (κ3) is 2.56. The van der Waals surface area contributed by atoms with E-state index in [4.69, 9.17) is 0 Å². The fourth-order valence-corrected chi connectivity index (χ4v) is 2.79. The Morgan fingerprint density at radius 3 is 2.86 bits per heavy atom. The number of nitrogens with one attached hydrogen (secondary N) is 1. The number of hydrogen-bond acceptors (Lipinski definition) is 4. The fourth-order valence-electron chi connectivity index (χ4n) is 2.79. The predicted octanol–water partition coefficient (Wildman–Crippen LogP) is 1.82. The van der Waals surface area contributed by atoms with Crippen LogP contribution in [0.1, 0.15) is 16.7 Å². The molecule has 21 heavy (non-hydrogen) atoms. The lowest BCUT2D eigenvalue weighted by Gasteiger charge is -2.27. The summed E-state index contributed by atoms with van der Waals surface area (Å²) >= 11 is 0. The van der Waals surface area contributed by atoms with Crippen LogP contribution >= 0.6 is 0 Å². The third-order valence-electron chi connectivity index (χ3n) is 4.10. The molecule has 0 amide bonds. The second kappa shape index (κ2) is 5.33. The van der Waals surface area contributed by atoms with Gasteiger partial charge in [-0.2, -0.15) is 5.10 Å². The molecular weight excluding hydrogens is 264 g/mol. The van der Waals surface area contributed by atoms with Crippen molar-refractivity contribution in [3.63, 3.8) is 0 Å². The molecule has 5 nitrogen and oxygen atoms in total. The molecule has 1 aromatic carbocycles. The van der Waals surface area contributed by atoms with Crippen LogP contribution < -0.4 is 10.9 Å². The molecule has 3 rings (SSSR count). The first-order chi connectivity index (χ1) is 10.1. The molecule has 0 saturated heterocycles. The van der Waals surface area contributed by atoms with E-state index in [0.29, 0.717) is 5.56 Å². The van der Waals surface area contributed by atoms with E-state index in [-0.39, 0.29) is 5.56 Å². The minimum atomic E-state index is -0.0652. The van der Waals surface area contributed by atoms with Crippen molar-refractivity contribution in [1.82, 2.24) is 14.7 Å². The lowest BCUT2D eigenvalue weighted by atomic mass is 9.98. The largest absolute Gasteiger partial charge is 0.354 e. The van der Waals surface area contributed by atoms with Crippen molar-refractivity contribution >= 4 is 11.4 Å². The molecule has 0 bridgehead atoms. The van der Waals surface area contributed by atoms with Crippen LogP contribution in [0, 0.1) is 6.92 Å². The van der Waals surface area contributed by atoms with Gasteiger partial charge in [-0.15, -0.1) is 0 Å². The lowest BCUT2D eigenvalue weighted by Crippen LogP contribution is -2.27. The summed E-state index contributed by atoms with van der Waals surface area (Å²) in [5.41, 5.74) is 5.19. The minimum absolute atomic E-state index is 0.0652. The van der Waals surface area contributed by atoms with Crippen molar-refractivity contribution in [2.45, 2.75) is 19.9 Å². The summed E-state index contributed by atoms with van der Waals surface area (Å²) in [7, 11) is 3.80. The normalized spacial score (nSPS) is 14.8. The van der Waals surface area contributed by atoms with Gasteiger partial charge in [0.15, 0.2) is 0 Å². The Labute approximate surface area is 124 Å². The first-order valence-electron chi connectivity index (χ1n) is 7.15. The molecule has 0 spiro atoms. The van der Waals surface area contributed by atoms with Crippen LogP contribution in [0.15, 0.2) is 29.2 Å². The second-order valence-electron chi connectivity index (χ2n) is 5.67. The van der Waals surface area contributed by atoms with Gasteiger partial charge >= 0.3 is 0 Å². The third-order valence-corrected chi connectivity index (χ3v) is 4.10. The molecule has 0 saturated carbocycles. The number of likely N-dealkylation sites (N-methyl/N-ethyl adjacent to an activating group) is 1. The van der Waals surface area contributed by atoms with Crippen LogP contribution in [0.25, 0.3) is 0 Å². The minimum Gasteiger partial charge on any atom is -0.354 e. The monoisotopic (exact) mass is 284 g/mol. The number of rotatable bonds is 2. The molecule has 2 heterocycles. The zero-order chi connectivity index (χ0) is 15.0. The molecule has 0 radical (unpaired) electrons. The number of hydrogen-bond donors (Lipinski definition) is 1. The Bertz CT molecular complexity index is 736. The average Bonchev–Trinajstić information content (AvgIpc) is 2.48. The van der Waals surface area contributed by atoms with Crippen LogP contribution in [0.2, 0.25) is 0 Å². The zero-order valence-electron chi connectivity index (χ0n) is 12.7. The van der Waals surface area contributed by atoms with Crippen LogP contribution in [0.4, 0.5) is 11.4 Å². The van der Waals surface area contributed by atoms with Gasteiger partial charge in [-0.3, -0.25) is 4.79 Å². The molecule has 0 fully saturated rings. The first kappa shape index (κ1) is 13.8. The molecular formula is C16H20N4O. The van der Waals surface area contributed by atoms with E-state index in [9.17, 15) is 4.79 Å². The molecule has 5 heteroatoms. The van der Waals surface area contributed by atoms with Gasteiger partial charge in [0.05, 0.1) is 11.9 Å². The Hall–Kier alpha value is -2.14. The van der Waals surface area contributed by atoms with Gasteiger partial charge in [-0.05, 0) is 37.6 Å². The number of anilines is 2. The van der Waals surface area contributed by atoms with Crippen LogP contribution in [-0.4, -0.2) is 28.3 Å². The van der Waals surface area contributed by atoms with Gasteiger partial charge < -0.3 is 10.2 Å². The molecule has 1 N–H and O–H groups in total. The highest BCUT2D eigenvalue weighted by Crippen LogP contribution is 2.28. The van der Waals surface area contributed by atoms with Crippen molar-refractivity contribution in [3.05, 3.63) is 51.4 Å². The van der Waals surface area contributed by atoms with Crippen molar-refractivity contribution in [1.29, 1.82) is 0 Å². The summed E-state index contributed by atoms with van der Waals surface area (Å²) in [4.78, 5) is 14.3. The second-order valence-corrected chi connectivity index (χ2v) is 5.67. The number of benzene rings is 1. The van der Waals surface area contributed by atoms with E-state index in [1.54, 1.807) is 13.2 Å². The van der Waals surface area contributed by atoms with Gasteiger partial charge in [-0.25, -0.2) is 4.68 Å². The Balaban J connectivity index is 1.98. The highest BCUT2D eigenvalue weighted by atomic mass is 16.1. The molecule has 1 aliphatic rings. The molecule has 0 aliphatic carbocycles.